The molecule has 0 aliphatic carbocycles. The standard InChI is InChI=1S/C15H14Cl2N2OS/c1-9(21-12-5-2-10(16)3-6-12)15(20)19-14-7-4-11(18)8-13(14)17/h2-9H,18H2,1H3,(H,19,20). The van der Waals surface area contributed by atoms with Gasteiger partial charge >= 0.3 is 0 Å². The summed E-state index contributed by atoms with van der Waals surface area (Å²) in [5.74, 6) is -0.123. The lowest BCUT2D eigenvalue weighted by Crippen LogP contribution is -2.22. The van der Waals surface area contributed by atoms with Crippen molar-refractivity contribution in [3.8, 4) is 0 Å². The topological polar surface area (TPSA) is 55.1 Å². The molecule has 1 unspecified atom stereocenters. The molecule has 0 aliphatic rings. The number of nitrogens with one attached hydrogen (secondary N) is 1. The van der Waals surface area contributed by atoms with Gasteiger partial charge in [0.05, 0.1) is 16.0 Å². The SMILES string of the molecule is CC(Sc1ccc(Cl)cc1)C(=O)Nc1ccc(N)cc1Cl. The fraction of sp³-hybridized carbons (Fsp3) is 0.133. The second-order valence-electron chi connectivity index (χ2n) is 4.44. The number of hydrogen-bond acceptors (Lipinski definition) is 3. The summed E-state index contributed by atoms with van der Waals surface area (Å²) in [4.78, 5) is 13.2. The summed E-state index contributed by atoms with van der Waals surface area (Å²) in [6.07, 6.45) is 0. The van der Waals surface area contributed by atoms with Crippen LogP contribution in [0.1, 0.15) is 6.92 Å². The summed E-state index contributed by atoms with van der Waals surface area (Å²) in [6, 6.07) is 12.3. The van der Waals surface area contributed by atoms with E-state index < -0.39 is 0 Å². The summed E-state index contributed by atoms with van der Waals surface area (Å²) >= 11 is 13.3. The Morgan fingerprint density at radius 2 is 1.86 bits per heavy atom. The molecule has 1 atom stereocenters. The second kappa shape index (κ2) is 7.07. The molecule has 0 bridgehead atoms. The van der Waals surface area contributed by atoms with E-state index in [-0.39, 0.29) is 11.2 Å². The van der Waals surface area contributed by atoms with Crippen LogP contribution in [0.5, 0.6) is 0 Å². The van der Waals surface area contributed by atoms with Gasteiger partial charge < -0.3 is 11.1 Å². The maximum Gasteiger partial charge on any atom is 0.237 e. The fourth-order valence-electron chi connectivity index (χ4n) is 1.64. The minimum atomic E-state index is -0.264. The van der Waals surface area contributed by atoms with Gasteiger partial charge in [0.2, 0.25) is 5.91 Å². The van der Waals surface area contributed by atoms with Crippen LogP contribution >= 0.6 is 35.0 Å². The summed E-state index contributed by atoms with van der Waals surface area (Å²) < 4.78 is 0. The van der Waals surface area contributed by atoms with Crippen molar-refractivity contribution < 1.29 is 4.79 Å². The zero-order valence-electron chi connectivity index (χ0n) is 11.3. The van der Waals surface area contributed by atoms with Crippen LogP contribution in [0.15, 0.2) is 47.4 Å². The first kappa shape index (κ1) is 16.0. The number of rotatable bonds is 4. The van der Waals surface area contributed by atoms with Gasteiger partial charge in [0, 0.05) is 15.6 Å². The molecule has 21 heavy (non-hydrogen) atoms. The fourth-order valence-corrected chi connectivity index (χ4v) is 2.87. The Kier molecular flexibility index (Phi) is 5.39. The van der Waals surface area contributed by atoms with Crippen molar-refractivity contribution in [2.75, 3.05) is 11.1 Å². The molecule has 0 aliphatic heterocycles. The van der Waals surface area contributed by atoms with E-state index in [1.807, 2.05) is 19.1 Å². The summed E-state index contributed by atoms with van der Waals surface area (Å²) in [6.45, 7) is 1.83. The van der Waals surface area contributed by atoms with E-state index in [1.165, 1.54) is 11.8 Å². The zero-order valence-corrected chi connectivity index (χ0v) is 13.6. The number of carbonyl (C=O) groups is 1. The molecular weight excluding hydrogens is 327 g/mol. The normalized spacial score (nSPS) is 12.0. The third kappa shape index (κ3) is 4.56. The molecule has 3 N–H and O–H groups in total. The van der Waals surface area contributed by atoms with Crippen molar-refractivity contribution in [1.29, 1.82) is 0 Å². The molecule has 2 aromatic rings. The van der Waals surface area contributed by atoms with Crippen molar-refractivity contribution in [3.05, 3.63) is 52.5 Å². The second-order valence-corrected chi connectivity index (χ2v) is 6.70. The number of nitrogens with two attached hydrogens (primary N) is 1. The zero-order chi connectivity index (χ0) is 15.4. The minimum Gasteiger partial charge on any atom is -0.399 e. The molecule has 3 nitrogen and oxygen atoms in total. The Morgan fingerprint density at radius 3 is 2.48 bits per heavy atom. The molecule has 2 rings (SSSR count). The molecule has 0 fully saturated rings. The largest absolute Gasteiger partial charge is 0.399 e. The molecule has 0 saturated carbocycles. The van der Waals surface area contributed by atoms with E-state index in [1.54, 1.807) is 30.3 Å². The Labute approximate surface area is 137 Å². The van der Waals surface area contributed by atoms with Gasteiger partial charge in [0.1, 0.15) is 0 Å². The smallest absolute Gasteiger partial charge is 0.237 e. The monoisotopic (exact) mass is 340 g/mol. The average Bonchev–Trinajstić information content (AvgIpc) is 2.44. The van der Waals surface area contributed by atoms with Crippen LogP contribution < -0.4 is 11.1 Å². The molecule has 2 aromatic carbocycles. The Morgan fingerprint density at radius 1 is 1.19 bits per heavy atom. The summed E-state index contributed by atoms with van der Waals surface area (Å²) in [7, 11) is 0. The van der Waals surface area contributed by atoms with E-state index in [2.05, 4.69) is 5.32 Å². The Balaban J connectivity index is 2.00. The molecular formula is C15H14Cl2N2OS. The van der Waals surface area contributed by atoms with Gasteiger partial charge in [-0.05, 0) is 49.4 Å². The number of nitrogen functional groups attached to an aromatic ring is 1. The molecule has 1 amide bonds. The molecule has 0 heterocycles. The van der Waals surface area contributed by atoms with Crippen LogP contribution in [0.3, 0.4) is 0 Å². The van der Waals surface area contributed by atoms with Gasteiger partial charge in [-0.25, -0.2) is 0 Å². The summed E-state index contributed by atoms with van der Waals surface area (Å²) in [5, 5.41) is 3.63. The van der Waals surface area contributed by atoms with Gasteiger partial charge in [-0.15, -0.1) is 11.8 Å². The predicted molar refractivity (Wildman–Crippen MR) is 91.3 cm³/mol. The molecule has 0 saturated heterocycles. The van der Waals surface area contributed by atoms with E-state index in [9.17, 15) is 4.79 Å². The highest BCUT2D eigenvalue weighted by molar-refractivity contribution is 8.00. The lowest BCUT2D eigenvalue weighted by molar-refractivity contribution is -0.115. The highest BCUT2D eigenvalue weighted by Crippen LogP contribution is 2.28. The van der Waals surface area contributed by atoms with Gasteiger partial charge in [-0.2, -0.15) is 0 Å². The van der Waals surface area contributed by atoms with Gasteiger partial charge in [-0.3, -0.25) is 4.79 Å². The van der Waals surface area contributed by atoms with Gasteiger partial charge in [0.25, 0.3) is 0 Å². The predicted octanol–water partition coefficient (Wildman–Crippen LogP) is 4.69. The van der Waals surface area contributed by atoms with E-state index in [0.717, 1.165) is 4.90 Å². The van der Waals surface area contributed by atoms with Crippen LogP contribution in [0, 0.1) is 0 Å². The van der Waals surface area contributed by atoms with E-state index in [0.29, 0.717) is 21.4 Å². The van der Waals surface area contributed by atoms with Crippen molar-refractivity contribution in [1.82, 2.24) is 0 Å². The van der Waals surface area contributed by atoms with Crippen molar-refractivity contribution in [3.63, 3.8) is 0 Å². The van der Waals surface area contributed by atoms with Crippen molar-refractivity contribution >= 4 is 52.2 Å². The maximum absolute atomic E-state index is 12.2. The minimum absolute atomic E-state index is 0.123. The Bertz CT molecular complexity index is 647. The lowest BCUT2D eigenvalue weighted by Gasteiger charge is -2.13. The number of benzene rings is 2. The number of thioether (sulfide) groups is 1. The molecule has 0 aromatic heterocycles. The molecule has 0 radical (unpaired) electrons. The first-order valence-corrected chi connectivity index (χ1v) is 7.87. The van der Waals surface area contributed by atoms with E-state index in [4.69, 9.17) is 28.9 Å². The third-order valence-electron chi connectivity index (χ3n) is 2.75. The maximum atomic E-state index is 12.2. The van der Waals surface area contributed by atoms with Crippen LogP contribution in [-0.4, -0.2) is 11.2 Å². The highest BCUT2D eigenvalue weighted by atomic mass is 35.5. The molecule has 6 heteroatoms. The van der Waals surface area contributed by atoms with Crippen LogP contribution in [0.25, 0.3) is 0 Å². The highest BCUT2D eigenvalue weighted by Gasteiger charge is 2.15. The van der Waals surface area contributed by atoms with Crippen LogP contribution in [-0.2, 0) is 4.79 Å². The number of amides is 1. The first-order chi connectivity index (χ1) is 9.95. The van der Waals surface area contributed by atoms with E-state index >= 15 is 0 Å². The first-order valence-electron chi connectivity index (χ1n) is 6.24. The van der Waals surface area contributed by atoms with Crippen molar-refractivity contribution in [2.24, 2.45) is 0 Å². The number of hydrogen-bond donors (Lipinski definition) is 2. The average molecular weight is 341 g/mol. The Hall–Kier alpha value is -1.36. The van der Waals surface area contributed by atoms with Crippen molar-refractivity contribution in [2.45, 2.75) is 17.1 Å². The summed E-state index contributed by atoms with van der Waals surface area (Å²) in [5.41, 5.74) is 6.73. The quantitative estimate of drug-likeness (QED) is 0.626. The van der Waals surface area contributed by atoms with Gasteiger partial charge in [-0.1, -0.05) is 23.2 Å². The number of halogens is 2. The van der Waals surface area contributed by atoms with Crippen LogP contribution in [0.4, 0.5) is 11.4 Å². The van der Waals surface area contributed by atoms with Gasteiger partial charge in [0.15, 0.2) is 0 Å². The molecule has 0 spiro atoms. The number of anilines is 2. The number of carbonyl (C=O) groups excluding carboxylic acids is 1. The lowest BCUT2D eigenvalue weighted by atomic mass is 10.2. The third-order valence-corrected chi connectivity index (χ3v) is 4.42. The van der Waals surface area contributed by atoms with Crippen LogP contribution in [0.2, 0.25) is 10.0 Å². The molecule has 110 valence electrons.